The van der Waals surface area contributed by atoms with Crippen LogP contribution in [0, 0.1) is 0 Å². The Labute approximate surface area is 157 Å². The molecule has 2 aromatic heterocycles. The zero-order chi connectivity index (χ0) is 18.4. The van der Waals surface area contributed by atoms with Crippen LogP contribution in [0.2, 0.25) is 0 Å². The Balaban J connectivity index is 1.68. The molecule has 27 heavy (non-hydrogen) atoms. The van der Waals surface area contributed by atoms with Crippen molar-refractivity contribution in [1.82, 2.24) is 9.97 Å². The van der Waals surface area contributed by atoms with Crippen LogP contribution >= 0.6 is 0 Å². The van der Waals surface area contributed by atoms with Gasteiger partial charge in [0.2, 0.25) is 9.84 Å². The highest BCUT2D eigenvalue weighted by molar-refractivity contribution is 7.92. The van der Waals surface area contributed by atoms with E-state index in [0.29, 0.717) is 9.79 Å². The molecule has 0 spiro atoms. The van der Waals surface area contributed by atoms with E-state index in [1.165, 1.54) is 0 Å². The fraction of sp³-hybridized carbons (Fsp3) is 0. The smallest absolute Gasteiger partial charge is 0.207 e. The van der Waals surface area contributed by atoms with Gasteiger partial charge in [0.25, 0.3) is 0 Å². The van der Waals surface area contributed by atoms with E-state index in [-0.39, 0.29) is 0 Å². The molecule has 0 saturated heterocycles. The van der Waals surface area contributed by atoms with Crippen molar-refractivity contribution in [2.24, 2.45) is 0 Å². The summed E-state index contributed by atoms with van der Waals surface area (Å²) in [6.45, 7) is 0. The molecule has 0 fully saturated rings. The summed E-state index contributed by atoms with van der Waals surface area (Å²) in [6, 6.07) is 22.2. The van der Waals surface area contributed by atoms with Crippen molar-refractivity contribution in [2.45, 2.75) is 9.79 Å². The first kappa shape index (κ1) is 15.9. The zero-order valence-corrected chi connectivity index (χ0v) is 15.0. The summed E-state index contributed by atoms with van der Waals surface area (Å²) in [5.41, 5.74) is 4.54. The molecule has 0 unspecified atom stereocenters. The normalized spacial score (nSPS) is 13.8. The minimum atomic E-state index is -3.58. The summed E-state index contributed by atoms with van der Waals surface area (Å²) < 4.78 is 26.4. The Morgan fingerprint density at radius 1 is 0.593 bits per heavy atom. The fourth-order valence-electron chi connectivity index (χ4n) is 3.44. The molecule has 1 aliphatic rings. The topological polar surface area (TPSA) is 59.9 Å². The summed E-state index contributed by atoms with van der Waals surface area (Å²) in [6.07, 6.45) is 3.40. The molecule has 2 aromatic carbocycles. The summed E-state index contributed by atoms with van der Waals surface area (Å²) in [5.74, 6) is 0. The van der Waals surface area contributed by atoms with Gasteiger partial charge in [-0.2, -0.15) is 0 Å². The van der Waals surface area contributed by atoms with Crippen molar-refractivity contribution in [3.63, 3.8) is 0 Å². The Kier molecular flexibility index (Phi) is 3.45. The van der Waals surface area contributed by atoms with Crippen LogP contribution in [0.5, 0.6) is 0 Å². The number of pyridine rings is 2. The lowest BCUT2D eigenvalue weighted by Gasteiger charge is -2.04. The second-order valence-electron chi connectivity index (χ2n) is 6.36. The van der Waals surface area contributed by atoms with Gasteiger partial charge in [-0.25, -0.2) is 8.42 Å². The predicted octanol–water partition coefficient (Wildman–Crippen LogP) is 4.62. The van der Waals surface area contributed by atoms with Gasteiger partial charge < -0.3 is 0 Å². The SMILES string of the molecule is O=S1(=O)c2cc(-c3ccccn3)ccc2-c2ccc(-c3ccccn3)cc21. The van der Waals surface area contributed by atoms with Gasteiger partial charge in [-0.3, -0.25) is 9.97 Å². The lowest BCUT2D eigenvalue weighted by molar-refractivity contribution is 0.599. The largest absolute Gasteiger partial charge is 0.256 e. The number of fused-ring (bicyclic) bond motifs is 3. The summed E-state index contributed by atoms with van der Waals surface area (Å²) >= 11 is 0. The van der Waals surface area contributed by atoms with E-state index in [1.807, 2.05) is 60.7 Å². The molecule has 0 aliphatic carbocycles. The highest BCUT2D eigenvalue weighted by Gasteiger charge is 2.33. The number of benzene rings is 2. The van der Waals surface area contributed by atoms with E-state index in [0.717, 1.165) is 33.6 Å². The first-order chi connectivity index (χ1) is 13.1. The average molecular weight is 370 g/mol. The Hall–Kier alpha value is -3.31. The first-order valence-corrected chi connectivity index (χ1v) is 9.99. The van der Waals surface area contributed by atoms with Gasteiger partial charge in [0, 0.05) is 34.6 Å². The number of hydrogen-bond donors (Lipinski definition) is 0. The quantitative estimate of drug-likeness (QED) is 0.455. The second kappa shape index (κ2) is 5.86. The Bertz CT molecular complexity index is 1170. The molecule has 5 heteroatoms. The summed E-state index contributed by atoms with van der Waals surface area (Å²) in [5, 5.41) is 0. The number of hydrogen-bond acceptors (Lipinski definition) is 4. The van der Waals surface area contributed by atoms with Crippen molar-refractivity contribution in [3.05, 3.63) is 85.2 Å². The molecule has 0 N–H and O–H groups in total. The molecular weight excluding hydrogens is 356 g/mol. The third kappa shape index (κ3) is 2.47. The molecule has 4 nitrogen and oxygen atoms in total. The van der Waals surface area contributed by atoms with Crippen LogP contribution in [-0.2, 0) is 9.84 Å². The molecule has 130 valence electrons. The van der Waals surface area contributed by atoms with Crippen LogP contribution in [0.15, 0.2) is 95.0 Å². The van der Waals surface area contributed by atoms with Gasteiger partial charge in [-0.1, -0.05) is 36.4 Å². The van der Waals surface area contributed by atoms with Gasteiger partial charge in [-0.15, -0.1) is 0 Å². The molecule has 0 bridgehead atoms. The van der Waals surface area contributed by atoms with Gasteiger partial charge >= 0.3 is 0 Å². The van der Waals surface area contributed by atoms with Gasteiger partial charge in [-0.05, 0) is 36.4 Å². The second-order valence-corrected chi connectivity index (χ2v) is 8.24. The fourth-order valence-corrected chi connectivity index (χ4v) is 5.17. The Morgan fingerprint density at radius 3 is 1.48 bits per heavy atom. The number of rotatable bonds is 2. The molecule has 1 aliphatic heterocycles. The molecule has 0 amide bonds. The molecule has 4 aromatic rings. The van der Waals surface area contributed by atoms with Crippen molar-refractivity contribution in [1.29, 1.82) is 0 Å². The van der Waals surface area contributed by atoms with Crippen LogP contribution in [0.25, 0.3) is 33.6 Å². The highest BCUT2D eigenvalue weighted by atomic mass is 32.2. The van der Waals surface area contributed by atoms with Crippen molar-refractivity contribution < 1.29 is 8.42 Å². The maximum Gasteiger partial charge on any atom is 0.207 e. The van der Waals surface area contributed by atoms with Crippen molar-refractivity contribution in [2.75, 3.05) is 0 Å². The lowest BCUT2D eigenvalue weighted by atomic mass is 10.0. The molecule has 0 atom stereocenters. The molecule has 3 heterocycles. The monoisotopic (exact) mass is 370 g/mol. The van der Waals surface area contributed by atoms with Crippen LogP contribution < -0.4 is 0 Å². The van der Waals surface area contributed by atoms with E-state index in [2.05, 4.69) is 9.97 Å². The highest BCUT2D eigenvalue weighted by Crippen LogP contribution is 2.45. The average Bonchev–Trinajstić information content (AvgIpc) is 2.96. The number of aromatic nitrogens is 2. The minimum absolute atomic E-state index is 0.332. The van der Waals surface area contributed by atoms with Gasteiger partial charge in [0.05, 0.1) is 21.2 Å². The van der Waals surface area contributed by atoms with Crippen LogP contribution in [0.3, 0.4) is 0 Å². The molecule has 0 radical (unpaired) electrons. The van der Waals surface area contributed by atoms with E-state index in [1.54, 1.807) is 24.5 Å². The Morgan fingerprint density at radius 2 is 1.07 bits per heavy atom. The lowest BCUT2D eigenvalue weighted by Crippen LogP contribution is -1.97. The van der Waals surface area contributed by atoms with E-state index in [9.17, 15) is 8.42 Å². The van der Waals surface area contributed by atoms with Gasteiger partial charge in [0.1, 0.15) is 0 Å². The molecule has 5 rings (SSSR count). The van der Waals surface area contributed by atoms with Crippen molar-refractivity contribution in [3.8, 4) is 33.6 Å². The summed E-state index contributed by atoms with van der Waals surface area (Å²) in [7, 11) is -3.58. The standard InChI is InChI=1S/C22H14N2O2S/c25-27(26)21-13-15(19-5-1-3-11-23-19)7-9-17(21)18-10-8-16(14-22(18)27)20-6-2-4-12-24-20/h1-14H. The third-order valence-electron chi connectivity index (χ3n) is 4.75. The molecule has 0 saturated carbocycles. The third-order valence-corrected chi connectivity index (χ3v) is 6.59. The van der Waals surface area contributed by atoms with E-state index in [4.69, 9.17) is 0 Å². The van der Waals surface area contributed by atoms with E-state index >= 15 is 0 Å². The minimum Gasteiger partial charge on any atom is -0.256 e. The number of sulfone groups is 1. The molecular formula is C22H14N2O2S. The maximum absolute atomic E-state index is 13.2. The van der Waals surface area contributed by atoms with Crippen LogP contribution in [0.4, 0.5) is 0 Å². The van der Waals surface area contributed by atoms with Crippen LogP contribution in [-0.4, -0.2) is 18.4 Å². The van der Waals surface area contributed by atoms with Crippen molar-refractivity contribution >= 4 is 9.84 Å². The zero-order valence-electron chi connectivity index (χ0n) is 14.2. The van der Waals surface area contributed by atoms with Gasteiger partial charge in [0.15, 0.2) is 0 Å². The number of nitrogens with zero attached hydrogens (tertiary/aromatic N) is 2. The van der Waals surface area contributed by atoms with E-state index < -0.39 is 9.84 Å². The predicted molar refractivity (Wildman–Crippen MR) is 104 cm³/mol. The summed E-state index contributed by atoms with van der Waals surface area (Å²) in [4.78, 5) is 9.31. The maximum atomic E-state index is 13.2. The van der Waals surface area contributed by atoms with Crippen LogP contribution in [0.1, 0.15) is 0 Å². The first-order valence-electron chi connectivity index (χ1n) is 8.51.